The molecule has 1 aliphatic heterocycles. The predicted molar refractivity (Wildman–Crippen MR) is 72.6 cm³/mol. The Morgan fingerprint density at radius 2 is 1.88 bits per heavy atom. The Hall–Kier alpha value is -1.02. The molecule has 1 aliphatic carbocycles. The molecule has 0 radical (unpaired) electrons. The summed E-state index contributed by atoms with van der Waals surface area (Å²) >= 11 is 0. The lowest BCUT2D eigenvalue weighted by Crippen LogP contribution is -2.33. The summed E-state index contributed by atoms with van der Waals surface area (Å²) in [5, 5.41) is 3.73. The number of hydrogen-bond donors (Lipinski definition) is 1. The van der Waals surface area contributed by atoms with E-state index in [1.807, 2.05) is 0 Å². The van der Waals surface area contributed by atoms with Crippen molar-refractivity contribution in [1.29, 1.82) is 0 Å². The minimum absolute atomic E-state index is 0.716. The van der Waals surface area contributed by atoms with Gasteiger partial charge in [0, 0.05) is 30.9 Å². The molecule has 0 amide bonds. The first kappa shape index (κ1) is 11.1. The fraction of sp³-hybridized carbons (Fsp3) is 0.600. The normalized spacial score (nSPS) is 24.3. The average Bonchev–Trinajstić information content (AvgIpc) is 3.06. The smallest absolute Gasteiger partial charge is 0.0366 e. The average molecular weight is 230 g/mol. The molecule has 2 nitrogen and oxygen atoms in total. The molecule has 2 fully saturated rings. The molecule has 1 saturated carbocycles. The SMILES string of the molecule is CCc1ccc(N2CCC(NC3CC3)C2)cc1. The fourth-order valence-corrected chi connectivity index (χ4v) is 2.66. The quantitative estimate of drug-likeness (QED) is 0.855. The van der Waals surface area contributed by atoms with E-state index in [9.17, 15) is 0 Å². The lowest BCUT2D eigenvalue weighted by Gasteiger charge is -2.19. The summed E-state index contributed by atoms with van der Waals surface area (Å²) in [5.74, 6) is 0. The molecule has 1 N–H and O–H groups in total. The van der Waals surface area contributed by atoms with Crippen molar-refractivity contribution < 1.29 is 0 Å². The minimum Gasteiger partial charge on any atom is -0.370 e. The highest BCUT2D eigenvalue weighted by Crippen LogP contribution is 2.25. The van der Waals surface area contributed by atoms with Gasteiger partial charge in [0.1, 0.15) is 0 Å². The third-order valence-electron chi connectivity index (χ3n) is 3.95. The molecule has 1 atom stereocenters. The van der Waals surface area contributed by atoms with Gasteiger partial charge in [0.25, 0.3) is 0 Å². The van der Waals surface area contributed by atoms with E-state index in [4.69, 9.17) is 0 Å². The van der Waals surface area contributed by atoms with E-state index in [0.29, 0.717) is 6.04 Å². The standard InChI is InChI=1S/C15H22N2/c1-2-12-3-7-15(8-4-12)17-10-9-14(11-17)16-13-5-6-13/h3-4,7-8,13-14,16H,2,5-6,9-11H2,1H3. The van der Waals surface area contributed by atoms with Gasteiger partial charge in [0.15, 0.2) is 0 Å². The lowest BCUT2D eigenvalue weighted by molar-refractivity contribution is 0.548. The summed E-state index contributed by atoms with van der Waals surface area (Å²) in [7, 11) is 0. The number of nitrogens with one attached hydrogen (secondary N) is 1. The van der Waals surface area contributed by atoms with Crippen LogP contribution in [0.5, 0.6) is 0 Å². The molecule has 92 valence electrons. The summed E-state index contributed by atoms with van der Waals surface area (Å²) in [6.07, 6.45) is 5.21. The molecular weight excluding hydrogens is 208 g/mol. The van der Waals surface area contributed by atoms with E-state index in [-0.39, 0.29) is 0 Å². The molecule has 2 aliphatic rings. The first-order valence-corrected chi connectivity index (χ1v) is 6.95. The van der Waals surface area contributed by atoms with Crippen molar-refractivity contribution >= 4 is 5.69 Å². The van der Waals surface area contributed by atoms with Gasteiger partial charge in [-0.15, -0.1) is 0 Å². The maximum Gasteiger partial charge on any atom is 0.0366 e. The highest BCUT2D eigenvalue weighted by atomic mass is 15.2. The minimum atomic E-state index is 0.716. The molecule has 1 saturated heterocycles. The molecule has 0 bridgehead atoms. The molecule has 1 unspecified atom stereocenters. The van der Waals surface area contributed by atoms with Gasteiger partial charge in [0.05, 0.1) is 0 Å². The Labute approximate surface area is 104 Å². The van der Waals surface area contributed by atoms with E-state index in [1.54, 1.807) is 0 Å². The number of hydrogen-bond acceptors (Lipinski definition) is 2. The highest BCUT2D eigenvalue weighted by molar-refractivity contribution is 5.48. The van der Waals surface area contributed by atoms with Gasteiger partial charge in [-0.3, -0.25) is 0 Å². The fourth-order valence-electron chi connectivity index (χ4n) is 2.66. The zero-order valence-electron chi connectivity index (χ0n) is 10.7. The Balaban J connectivity index is 1.60. The van der Waals surface area contributed by atoms with Crippen LogP contribution < -0.4 is 10.2 Å². The Morgan fingerprint density at radius 1 is 1.12 bits per heavy atom. The summed E-state index contributed by atoms with van der Waals surface area (Å²) < 4.78 is 0. The van der Waals surface area contributed by atoms with Crippen molar-refractivity contribution in [2.45, 2.75) is 44.7 Å². The van der Waals surface area contributed by atoms with Crippen LogP contribution in [0.25, 0.3) is 0 Å². The molecule has 1 heterocycles. The number of rotatable bonds is 4. The van der Waals surface area contributed by atoms with Crippen molar-refractivity contribution in [3.05, 3.63) is 29.8 Å². The number of benzene rings is 1. The second kappa shape index (κ2) is 4.69. The molecule has 3 rings (SSSR count). The largest absolute Gasteiger partial charge is 0.370 e. The Morgan fingerprint density at radius 3 is 2.53 bits per heavy atom. The van der Waals surface area contributed by atoms with E-state index in [2.05, 4.69) is 41.4 Å². The maximum absolute atomic E-state index is 3.73. The van der Waals surface area contributed by atoms with Crippen LogP contribution in [0.2, 0.25) is 0 Å². The summed E-state index contributed by atoms with van der Waals surface area (Å²) in [6, 6.07) is 10.6. The van der Waals surface area contributed by atoms with E-state index in [0.717, 1.165) is 12.5 Å². The van der Waals surface area contributed by atoms with Crippen LogP contribution in [-0.4, -0.2) is 25.2 Å². The molecule has 0 spiro atoms. The van der Waals surface area contributed by atoms with Crippen molar-refractivity contribution in [1.82, 2.24) is 5.32 Å². The maximum atomic E-state index is 3.73. The van der Waals surface area contributed by atoms with Gasteiger partial charge in [0.2, 0.25) is 0 Å². The molecular formula is C15H22N2. The van der Waals surface area contributed by atoms with Gasteiger partial charge in [-0.1, -0.05) is 19.1 Å². The third-order valence-corrected chi connectivity index (χ3v) is 3.95. The monoisotopic (exact) mass is 230 g/mol. The van der Waals surface area contributed by atoms with Crippen LogP contribution in [0.15, 0.2) is 24.3 Å². The predicted octanol–water partition coefficient (Wildman–Crippen LogP) is 2.58. The molecule has 17 heavy (non-hydrogen) atoms. The van der Waals surface area contributed by atoms with E-state index < -0.39 is 0 Å². The van der Waals surface area contributed by atoms with Gasteiger partial charge < -0.3 is 10.2 Å². The van der Waals surface area contributed by atoms with E-state index in [1.165, 1.54) is 43.6 Å². The molecule has 2 heteroatoms. The van der Waals surface area contributed by atoms with Crippen LogP contribution in [0.1, 0.15) is 31.7 Å². The number of aryl methyl sites for hydroxylation is 1. The number of nitrogens with zero attached hydrogens (tertiary/aromatic N) is 1. The highest BCUT2D eigenvalue weighted by Gasteiger charge is 2.29. The number of anilines is 1. The van der Waals surface area contributed by atoms with Crippen LogP contribution in [-0.2, 0) is 6.42 Å². The lowest BCUT2D eigenvalue weighted by atomic mass is 10.1. The van der Waals surface area contributed by atoms with Crippen molar-refractivity contribution in [3.8, 4) is 0 Å². The Kier molecular flexibility index (Phi) is 3.06. The first-order chi connectivity index (χ1) is 8.35. The van der Waals surface area contributed by atoms with Crippen LogP contribution >= 0.6 is 0 Å². The molecule has 1 aromatic carbocycles. The summed E-state index contributed by atoms with van der Waals surface area (Å²) in [4.78, 5) is 2.51. The zero-order valence-corrected chi connectivity index (χ0v) is 10.7. The Bertz CT molecular complexity index is 367. The second-order valence-corrected chi connectivity index (χ2v) is 5.39. The molecule has 0 aromatic heterocycles. The van der Waals surface area contributed by atoms with Crippen LogP contribution in [0.3, 0.4) is 0 Å². The van der Waals surface area contributed by atoms with E-state index >= 15 is 0 Å². The first-order valence-electron chi connectivity index (χ1n) is 6.95. The molecule has 1 aromatic rings. The van der Waals surface area contributed by atoms with Gasteiger partial charge in [-0.25, -0.2) is 0 Å². The van der Waals surface area contributed by atoms with Crippen molar-refractivity contribution in [2.24, 2.45) is 0 Å². The van der Waals surface area contributed by atoms with Crippen molar-refractivity contribution in [3.63, 3.8) is 0 Å². The van der Waals surface area contributed by atoms with Gasteiger partial charge in [-0.05, 0) is 43.4 Å². The topological polar surface area (TPSA) is 15.3 Å². The zero-order chi connectivity index (χ0) is 11.7. The summed E-state index contributed by atoms with van der Waals surface area (Å²) in [5.41, 5.74) is 2.82. The third kappa shape index (κ3) is 2.63. The van der Waals surface area contributed by atoms with Crippen molar-refractivity contribution in [2.75, 3.05) is 18.0 Å². The van der Waals surface area contributed by atoms with Crippen LogP contribution in [0, 0.1) is 0 Å². The second-order valence-electron chi connectivity index (χ2n) is 5.39. The van der Waals surface area contributed by atoms with Gasteiger partial charge in [-0.2, -0.15) is 0 Å². The van der Waals surface area contributed by atoms with Crippen LogP contribution in [0.4, 0.5) is 5.69 Å². The summed E-state index contributed by atoms with van der Waals surface area (Å²) in [6.45, 7) is 4.60. The van der Waals surface area contributed by atoms with Gasteiger partial charge >= 0.3 is 0 Å².